The van der Waals surface area contributed by atoms with Gasteiger partial charge in [-0.3, -0.25) is 27.1 Å². The van der Waals surface area contributed by atoms with Gasteiger partial charge in [-0.1, -0.05) is 27.7 Å². The van der Waals surface area contributed by atoms with E-state index in [9.17, 15) is 32.5 Å². The molecular weight excluding hydrogens is 714 g/mol. The van der Waals surface area contributed by atoms with Crippen molar-refractivity contribution in [3.63, 3.8) is 0 Å². The summed E-state index contributed by atoms with van der Waals surface area (Å²) in [7, 11) is -13.8. The standard InChI is InChI=1S/C23H52BFN2O16P4/c1-7-21(27-25)13-20(16-40-45(31,32)33)17-41-47(36,37)42-22(5,8-2)10-11-38-46(34,35)43-23(6,9-3)14-19(12-18(4)26-24)15-39-44(28,29)30/h18-21,26-27H,7-17H2,1-6H3,(H,34,35)(H,36,37)(H2,28,29,30)(H2,31,32,33). The molecule has 0 rings (SSSR count). The van der Waals surface area contributed by atoms with E-state index in [2.05, 4.69) is 14.3 Å². The fourth-order valence-electron chi connectivity index (χ4n) is 4.39. The zero-order valence-electron chi connectivity index (χ0n) is 27.6. The maximum absolute atomic E-state index is 13.0. The average molecular weight is 766 g/mol. The fraction of sp³-hybridized carbons (Fsp3) is 1.00. The largest absolute Gasteiger partial charge is 0.472 e. The Hall–Kier alpha value is 0.355. The summed E-state index contributed by atoms with van der Waals surface area (Å²) in [6.45, 7) is 7.55. The molecule has 24 heteroatoms. The van der Waals surface area contributed by atoms with Crippen molar-refractivity contribution in [2.75, 3.05) is 26.4 Å². The Bertz CT molecular complexity index is 1100. The molecule has 0 aliphatic heterocycles. The van der Waals surface area contributed by atoms with E-state index in [1.54, 1.807) is 27.7 Å². The lowest BCUT2D eigenvalue weighted by Crippen LogP contribution is -2.35. The Kier molecular flexibility index (Phi) is 21.2. The molecule has 0 aliphatic rings. The normalized spacial score (nSPS) is 20.7. The quantitative estimate of drug-likeness (QED) is 0.0318. The molecule has 8 atom stereocenters. The molecule has 8 N–H and O–H groups in total. The lowest BCUT2D eigenvalue weighted by Gasteiger charge is -2.35. The summed E-state index contributed by atoms with van der Waals surface area (Å²) >= 11 is 0. The van der Waals surface area contributed by atoms with Crippen molar-refractivity contribution in [3.8, 4) is 0 Å². The second kappa shape index (κ2) is 21.0. The summed E-state index contributed by atoms with van der Waals surface area (Å²) in [5, 5.41) is 2.52. The van der Waals surface area contributed by atoms with Crippen LogP contribution in [-0.2, 0) is 45.4 Å². The van der Waals surface area contributed by atoms with Crippen LogP contribution in [0.25, 0.3) is 0 Å². The Labute approximate surface area is 277 Å². The van der Waals surface area contributed by atoms with Crippen LogP contribution < -0.4 is 10.8 Å². The summed E-state index contributed by atoms with van der Waals surface area (Å²) in [4.78, 5) is 57.2. The van der Waals surface area contributed by atoms with Gasteiger partial charge in [-0.2, -0.15) is 5.54 Å². The van der Waals surface area contributed by atoms with Crippen LogP contribution in [0.2, 0.25) is 0 Å². The van der Waals surface area contributed by atoms with E-state index in [4.69, 9.17) is 45.6 Å². The van der Waals surface area contributed by atoms with Gasteiger partial charge < -0.3 is 34.6 Å². The van der Waals surface area contributed by atoms with E-state index in [1.165, 1.54) is 19.4 Å². The first-order valence-electron chi connectivity index (χ1n) is 14.9. The number of rotatable bonds is 28. The minimum Gasteiger partial charge on any atom is -0.364 e. The lowest BCUT2D eigenvalue weighted by atomic mass is 9.86. The average Bonchev–Trinajstić information content (AvgIpc) is 2.93. The van der Waals surface area contributed by atoms with E-state index < -0.39 is 80.2 Å². The molecule has 0 heterocycles. The van der Waals surface area contributed by atoms with Crippen molar-refractivity contribution in [1.29, 1.82) is 0 Å². The number of phosphoric acid groups is 4. The van der Waals surface area contributed by atoms with Crippen molar-refractivity contribution in [2.45, 2.75) is 110 Å². The van der Waals surface area contributed by atoms with Crippen LogP contribution in [0.4, 0.5) is 4.48 Å². The Morgan fingerprint density at radius 3 is 1.66 bits per heavy atom. The summed E-state index contributed by atoms with van der Waals surface area (Å²) in [6, 6.07) is -1.05. The van der Waals surface area contributed by atoms with E-state index >= 15 is 0 Å². The molecule has 2 radical (unpaired) electrons. The van der Waals surface area contributed by atoms with Crippen molar-refractivity contribution in [3.05, 3.63) is 0 Å². The molecule has 8 unspecified atom stereocenters. The predicted octanol–water partition coefficient (Wildman–Crippen LogP) is 3.92. The Morgan fingerprint density at radius 2 is 1.21 bits per heavy atom. The highest BCUT2D eigenvalue weighted by atomic mass is 31.2. The highest BCUT2D eigenvalue weighted by Gasteiger charge is 2.39. The molecule has 0 spiro atoms. The highest BCUT2D eigenvalue weighted by molar-refractivity contribution is 7.47. The van der Waals surface area contributed by atoms with Gasteiger partial charge in [0, 0.05) is 18.4 Å². The number of halogens is 1. The Balaban J connectivity index is 5.42. The second-order valence-electron chi connectivity index (χ2n) is 11.9. The molecule has 0 saturated carbocycles. The SMILES string of the molecule is [B]NC(C)CC(COP(=O)(O)O)CC(C)(CC)OP(=O)(O)OCCC(C)(CC)OP(=O)(O)OCC(COP(=O)(O)O)CC(CC)NF. The molecule has 47 heavy (non-hydrogen) atoms. The highest BCUT2D eigenvalue weighted by Crippen LogP contribution is 2.52. The van der Waals surface area contributed by atoms with Gasteiger partial charge in [0.25, 0.3) is 0 Å². The first kappa shape index (κ1) is 47.4. The molecule has 280 valence electrons. The molecule has 0 aromatic carbocycles. The topological polar surface area (TPSA) is 269 Å². The monoisotopic (exact) mass is 766 g/mol. The fourth-order valence-corrected chi connectivity index (χ4v) is 7.56. The molecule has 0 aliphatic carbocycles. The van der Waals surface area contributed by atoms with E-state index in [1.807, 2.05) is 0 Å². The Morgan fingerprint density at radius 1 is 0.745 bits per heavy atom. The van der Waals surface area contributed by atoms with Crippen LogP contribution in [0.5, 0.6) is 0 Å². The van der Waals surface area contributed by atoms with Crippen molar-refractivity contribution < 1.29 is 79.2 Å². The maximum atomic E-state index is 13.0. The van der Waals surface area contributed by atoms with Crippen LogP contribution in [0.3, 0.4) is 0 Å². The molecule has 0 fully saturated rings. The lowest BCUT2D eigenvalue weighted by molar-refractivity contribution is -0.0104. The minimum absolute atomic E-state index is 0.0326. The van der Waals surface area contributed by atoms with Crippen LogP contribution in [0.1, 0.15) is 86.5 Å². The van der Waals surface area contributed by atoms with E-state index in [-0.39, 0.29) is 57.6 Å². The predicted molar refractivity (Wildman–Crippen MR) is 169 cm³/mol. The molecule has 0 aromatic rings. The van der Waals surface area contributed by atoms with Gasteiger partial charge in [0.05, 0.1) is 37.6 Å². The summed E-state index contributed by atoms with van der Waals surface area (Å²) in [5.74, 6) is -1.47. The number of hydrogen-bond donors (Lipinski definition) is 8. The number of phosphoric ester groups is 4. The minimum atomic E-state index is -4.89. The van der Waals surface area contributed by atoms with Gasteiger partial charge >= 0.3 is 31.3 Å². The van der Waals surface area contributed by atoms with Crippen molar-refractivity contribution in [1.82, 2.24) is 10.8 Å². The third-order valence-electron chi connectivity index (χ3n) is 7.44. The first-order chi connectivity index (χ1) is 21.3. The van der Waals surface area contributed by atoms with Crippen molar-refractivity contribution >= 4 is 39.3 Å². The third kappa shape index (κ3) is 22.7. The summed E-state index contributed by atoms with van der Waals surface area (Å²) in [5.41, 5.74) is -1.21. The van der Waals surface area contributed by atoms with Gasteiger partial charge in [-0.25, -0.2) is 18.3 Å². The first-order valence-corrected chi connectivity index (χ1v) is 21.0. The molecule has 0 aromatic heterocycles. The van der Waals surface area contributed by atoms with E-state index in [0.29, 0.717) is 0 Å². The van der Waals surface area contributed by atoms with Gasteiger partial charge in [-0.05, 0) is 64.3 Å². The van der Waals surface area contributed by atoms with Crippen LogP contribution in [0.15, 0.2) is 0 Å². The number of nitrogens with one attached hydrogen (secondary N) is 2. The molecule has 0 saturated heterocycles. The second-order valence-corrected chi connectivity index (χ2v) is 17.1. The van der Waals surface area contributed by atoms with Crippen LogP contribution in [0, 0.1) is 11.8 Å². The third-order valence-corrected chi connectivity index (χ3v) is 10.7. The van der Waals surface area contributed by atoms with Crippen LogP contribution in [-0.4, -0.2) is 87.1 Å². The summed E-state index contributed by atoms with van der Waals surface area (Å²) in [6.07, 6.45) is 0.651. The van der Waals surface area contributed by atoms with Gasteiger partial charge in [0.1, 0.15) is 0 Å². The number of hydrogen-bond acceptors (Lipinski definition) is 12. The molecule has 18 nitrogen and oxygen atoms in total. The maximum Gasteiger partial charge on any atom is 0.472 e. The van der Waals surface area contributed by atoms with Crippen LogP contribution >= 0.6 is 31.3 Å². The van der Waals surface area contributed by atoms with Gasteiger partial charge in [0.15, 0.2) is 7.98 Å². The van der Waals surface area contributed by atoms with E-state index in [0.717, 1.165) is 0 Å². The molecule has 0 bridgehead atoms. The van der Waals surface area contributed by atoms with Gasteiger partial charge in [0.2, 0.25) is 0 Å². The molecular formula is C23H52BFN2O16P4. The van der Waals surface area contributed by atoms with Crippen molar-refractivity contribution in [2.24, 2.45) is 11.8 Å². The summed E-state index contributed by atoms with van der Waals surface area (Å²) < 4.78 is 91.3. The zero-order chi connectivity index (χ0) is 36.7. The zero-order valence-corrected chi connectivity index (χ0v) is 31.2. The molecule has 0 amide bonds. The van der Waals surface area contributed by atoms with Gasteiger partial charge in [-0.15, -0.1) is 4.48 Å². The smallest absolute Gasteiger partial charge is 0.364 e.